The Labute approximate surface area is 70.1 Å². The number of rotatable bonds is 5. The lowest BCUT2D eigenvalue weighted by molar-refractivity contribution is 0.341. The minimum absolute atomic E-state index is 0.171. The van der Waals surface area contributed by atoms with Crippen molar-refractivity contribution in [2.24, 2.45) is 11.8 Å². The van der Waals surface area contributed by atoms with E-state index in [0.29, 0.717) is 5.92 Å². The Morgan fingerprint density at radius 3 is 2.45 bits per heavy atom. The fourth-order valence-electron chi connectivity index (χ4n) is 1.17. The molecule has 0 aliphatic rings. The summed E-state index contributed by atoms with van der Waals surface area (Å²) in [6.45, 7) is 6.85. The Balaban J connectivity index is 3.50. The van der Waals surface area contributed by atoms with Gasteiger partial charge in [-0.2, -0.15) is 0 Å². The summed E-state index contributed by atoms with van der Waals surface area (Å²) in [5.74, 6) is 1.41. The molecule has 1 N–H and O–H groups in total. The molecule has 0 aromatic heterocycles. The molecular formula is C10H20O. The van der Waals surface area contributed by atoms with Gasteiger partial charge in [0.25, 0.3) is 0 Å². The Morgan fingerprint density at radius 1 is 1.36 bits per heavy atom. The topological polar surface area (TPSA) is 20.2 Å². The van der Waals surface area contributed by atoms with Gasteiger partial charge in [-0.25, -0.2) is 0 Å². The third-order valence-electron chi connectivity index (χ3n) is 2.04. The van der Waals surface area contributed by atoms with Crippen molar-refractivity contribution in [1.82, 2.24) is 0 Å². The van der Waals surface area contributed by atoms with Crippen molar-refractivity contribution in [3.8, 4) is 0 Å². The SMILES string of the molecule is CC[C@@H](C)C[C@@H](C)/C=C/CO. The zero-order valence-corrected chi connectivity index (χ0v) is 7.88. The summed E-state index contributed by atoms with van der Waals surface area (Å²) in [6, 6.07) is 0. The largest absolute Gasteiger partial charge is 0.392 e. The van der Waals surface area contributed by atoms with Gasteiger partial charge in [-0.1, -0.05) is 39.3 Å². The van der Waals surface area contributed by atoms with Crippen LogP contribution in [0.1, 0.15) is 33.6 Å². The molecular weight excluding hydrogens is 136 g/mol. The van der Waals surface area contributed by atoms with Crippen LogP contribution in [0.5, 0.6) is 0 Å². The fourth-order valence-corrected chi connectivity index (χ4v) is 1.17. The molecule has 1 heteroatoms. The summed E-state index contributed by atoms with van der Waals surface area (Å²) < 4.78 is 0. The van der Waals surface area contributed by atoms with Crippen LogP contribution in [0.4, 0.5) is 0 Å². The first-order chi connectivity index (χ1) is 5.20. The monoisotopic (exact) mass is 156 g/mol. The number of aliphatic hydroxyl groups excluding tert-OH is 1. The van der Waals surface area contributed by atoms with Crippen molar-refractivity contribution in [1.29, 1.82) is 0 Å². The molecule has 0 amide bonds. The molecule has 0 spiro atoms. The third kappa shape index (κ3) is 6.11. The average molecular weight is 156 g/mol. The minimum atomic E-state index is 0.171. The summed E-state index contributed by atoms with van der Waals surface area (Å²) in [4.78, 5) is 0. The molecule has 0 bridgehead atoms. The molecule has 0 unspecified atom stereocenters. The van der Waals surface area contributed by atoms with Crippen LogP contribution in [0.2, 0.25) is 0 Å². The van der Waals surface area contributed by atoms with Gasteiger partial charge in [0.15, 0.2) is 0 Å². The van der Waals surface area contributed by atoms with E-state index >= 15 is 0 Å². The quantitative estimate of drug-likeness (QED) is 0.607. The normalized spacial score (nSPS) is 17.1. The number of allylic oxidation sites excluding steroid dienone is 1. The van der Waals surface area contributed by atoms with Crippen LogP contribution >= 0.6 is 0 Å². The maximum Gasteiger partial charge on any atom is 0.0612 e. The highest BCUT2D eigenvalue weighted by molar-refractivity contribution is 4.86. The van der Waals surface area contributed by atoms with Gasteiger partial charge in [0.2, 0.25) is 0 Å². The summed E-state index contributed by atoms with van der Waals surface area (Å²) in [5, 5.41) is 8.52. The lowest BCUT2D eigenvalue weighted by Gasteiger charge is -2.11. The van der Waals surface area contributed by atoms with E-state index in [9.17, 15) is 0 Å². The van der Waals surface area contributed by atoms with Gasteiger partial charge in [0.1, 0.15) is 0 Å². The van der Waals surface area contributed by atoms with Gasteiger partial charge >= 0.3 is 0 Å². The average Bonchev–Trinajstić information content (AvgIpc) is 2.00. The van der Waals surface area contributed by atoms with Crippen molar-refractivity contribution >= 4 is 0 Å². The molecule has 1 nitrogen and oxygen atoms in total. The molecule has 0 fully saturated rings. The highest BCUT2D eigenvalue weighted by Crippen LogP contribution is 2.15. The standard InChI is InChI=1S/C10H20O/c1-4-9(2)8-10(3)6-5-7-11/h5-6,9-11H,4,7-8H2,1-3H3/b6-5+/t9-,10+/m1/s1. The van der Waals surface area contributed by atoms with Crippen LogP contribution in [0, 0.1) is 11.8 Å². The Hall–Kier alpha value is -0.300. The maximum atomic E-state index is 8.52. The van der Waals surface area contributed by atoms with E-state index in [1.54, 1.807) is 0 Å². The molecule has 2 atom stereocenters. The van der Waals surface area contributed by atoms with Crippen molar-refractivity contribution in [2.45, 2.75) is 33.6 Å². The molecule has 11 heavy (non-hydrogen) atoms. The molecule has 0 radical (unpaired) electrons. The van der Waals surface area contributed by atoms with Crippen LogP contribution in [-0.4, -0.2) is 11.7 Å². The van der Waals surface area contributed by atoms with Gasteiger partial charge in [0, 0.05) is 0 Å². The molecule has 0 saturated heterocycles. The van der Waals surface area contributed by atoms with E-state index < -0.39 is 0 Å². The van der Waals surface area contributed by atoms with Crippen molar-refractivity contribution in [3.05, 3.63) is 12.2 Å². The second-order valence-corrected chi connectivity index (χ2v) is 3.34. The fraction of sp³-hybridized carbons (Fsp3) is 0.800. The predicted molar refractivity (Wildman–Crippen MR) is 49.5 cm³/mol. The first-order valence-electron chi connectivity index (χ1n) is 4.48. The second kappa shape index (κ2) is 6.41. The van der Waals surface area contributed by atoms with Crippen LogP contribution < -0.4 is 0 Å². The zero-order valence-electron chi connectivity index (χ0n) is 7.88. The van der Waals surface area contributed by atoms with E-state index in [1.807, 2.05) is 6.08 Å². The zero-order chi connectivity index (χ0) is 8.69. The molecule has 0 aromatic rings. The van der Waals surface area contributed by atoms with Crippen molar-refractivity contribution in [3.63, 3.8) is 0 Å². The van der Waals surface area contributed by atoms with Crippen LogP contribution in [0.15, 0.2) is 12.2 Å². The highest BCUT2D eigenvalue weighted by atomic mass is 16.2. The number of hydrogen-bond donors (Lipinski definition) is 1. The first kappa shape index (κ1) is 10.7. The predicted octanol–water partition coefficient (Wildman–Crippen LogP) is 2.61. The van der Waals surface area contributed by atoms with Crippen LogP contribution in [0.3, 0.4) is 0 Å². The van der Waals surface area contributed by atoms with Crippen molar-refractivity contribution in [2.75, 3.05) is 6.61 Å². The van der Waals surface area contributed by atoms with E-state index in [2.05, 4.69) is 26.8 Å². The maximum absolute atomic E-state index is 8.52. The van der Waals surface area contributed by atoms with Gasteiger partial charge in [-0.15, -0.1) is 0 Å². The van der Waals surface area contributed by atoms with E-state index in [-0.39, 0.29) is 6.61 Å². The smallest absolute Gasteiger partial charge is 0.0612 e. The Kier molecular flexibility index (Phi) is 6.24. The van der Waals surface area contributed by atoms with Gasteiger partial charge in [0.05, 0.1) is 6.61 Å². The van der Waals surface area contributed by atoms with Crippen LogP contribution in [0.25, 0.3) is 0 Å². The summed E-state index contributed by atoms with van der Waals surface area (Å²) in [6.07, 6.45) is 6.39. The molecule has 66 valence electrons. The lowest BCUT2D eigenvalue weighted by atomic mass is 9.95. The van der Waals surface area contributed by atoms with Gasteiger partial charge in [-0.05, 0) is 18.3 Å². The third-order valence-corrected chi connectivity index (χ3v) is 2.04. The molecule has 0 heterocycles. The summed E-state index contributed by atoms with van der Waals surface area (Å²) in [5.41, 5.74) is 0. The molecule has 0 aliphatic carbocycles. The first-order valence-corrected chi connectivity index (χ1v) is 4.48. The highest BCUT2D eigenvalue weighted by Gasteiger charge is 2.02. The Morgan fingerprint density at radius 2 is 2.00 bits per heavy atom. The minimum Gasteiger partial charge on any atom is -0.392 e. The second-order valence-electron chi connectivity index (χ2n) is 3.34. The summed E-state index contributed by atoms with van der Waals surface area (Å²) >= 11 is 0. The van der Waals surface area contributed by atoms with Gasteiger partial charge in [-0.3, -0.25) is 0 Å². The van der Waals surface area contributed by atoms with Crippen LogP contribution in [-0.2, 0) is 0 Å². The molecule has 0 rings (SSSR count). The summed E-state index contributed by atoms with van der Waals surface area (Å²) in [7, 11) is 0. The number of aliphatic hydroxyl groups is 1. The van der Waals surface area contributed by atoms with Gasteiger partial charge < -0.3 is 5.11 Å². The van der Waals surface area contributed by atoms with E-state index in [4.69, 9.17) is 5.11 Å². The van der Waals surface area contributed by atoms with Crippen molar-refractivity contribution < 1.29 is 5.11 Å². The molecule has 0 saturated carbocycles. The van der Waals surface area contributed by atoms with E-state index in [1.165, 1.54) is 12.8 Å². The number of hydrogen-bond acceptors (Lipinski definition) is 1. The Bertz CT molecular complexity index is 107. The molecule has 0 aromatic carbocycles. The van der Waals surface area contributed by atoms with E-state index in [0.717, 1.165) is 5.92 Å². The molecule has 0 aliphatic heterocycles. The lowest BCUT2D eigenvalue weighted by Crippen LogP contribution is -1.99.